The first-order valence-electron chi connectivity index (χ1n) is 7.38. The molecule has 1 fully saturated rings. The van der Waals surface area contributed by atoms with E-state index >= 15 is 0 Å². The number of aliphatic hydroxyl groups excluding tert-OH is 1. The van der Waals surface area contributed by atoms with E-state index in [0.717, 1.165) is 31.4 Å². The van der Waals surface area contributed by atoms with Crippen LogP contribution in [0, 0.1) is 5.92 Å². The van der Waals surface area contributed by atoms with Crippen LogP contribution < -0.4 is 11.1 Å². The number of H-pyrrole nitrogens is 1. The second kappa shape index (κ2) is 6.26. The average Bonchev–Trinajstić information content (AvgIpc) is 3.20. The van der Waals surface area contributed by atoms with Crippen molar-refractivity contribution in [3.8, 4) is 0 Å². The summed E-state index contributed by atoms with van der Waals surface area (Å²) in [4.78, 5) is 12.0. The standard InChI is InChI=1S/C14H24N4O2/c1-3-8(4-2)10(19)7-16-14(20)13-11(15)12(17-18-13)9-5-6-9/h8-10,19H,3-7,15H2,1-2H3,(H,16,20)(H,17,18). The number of nitrogens with one attached hydrogen (secondary N) is 2. The van der Waals surface area contributed by atoms with Crippen LogP contribution in [-0.4, -0.2) is 33.9 Å². The Morgan fingerprint density at radius 1 is 1.50 bits per heavy atom. The Balaban J connectivity index is 1.91. The Hall–Kier alpha value is -1.56. The Morgan fingerprint density at radius 2 is 2.15 bits per heavy atom. The summed E-state index contributed by atoms with van der Waals surface area (Å²) in [7, 11) is 0. The van der Waals surface area contributed by atoms with Crippen molar-refractivity contribution in [1.29, 1.82) is 0 Å². The molecule has 1 aromatic heterocycles. The second-order valence-corrected chi connectivity index (χ2v) is 5.53. The van der Waals surface area contributed by atoms with Crippen LogP contribution in [0.3, 0.4) is 0 Å². The molecule has 5 N–H and O–H groups in total. The highest BCUT2D eigenvalue weighted by Gasteiger charge is 2.30. The number of rotatable bonds is 7. The molecule has 6 nitrogen and oxygen atoms in total. The van der Waals surface area contributed by atoms with Gasteiger partial charge in [0.25, 0.3) is 5.91 Å². The third-order valence-electron chi connectivity index (χ3n) is 4.10. The fourth-order valence-electron chi connectivity index (χ4n) is 2.50. The first-order chi connectivity index (χ1) is 9.58. The summed E-state index contributed by atoms with van der Waals surface area (Å²) in [5.41, 5.74) is 7.50. The fourth-order valence-corrected chi connectivity index (χ4v) is 2.50. The van der Waals surface area contributed by atoms with Gasteiger partial charge in [0, 0.05) is 12.5 Å². The van der Waals surface area contributed by atoms with E-state index in [1.54, 1.807) is 0 Å². The molecule has 6 heteroatoms. The molecular formula is C14H24N4O2. The molecule has 0 radical (unpaired) electrons. The molecule has 1 aliphatic carbocycles. The van der Waals surface area contributed by atoms with E-state index in [1.165, 1.54) is 0 Å². The van der Waals surface area contributed by atoms with Crippen molar-refractivity contribution in [2.24, 2.45) is 5.92 Å². The molecule has 0 bridgehead atoms. The lowest BCUT2D eigenvalue weighted by Crippen LogP contribution is -2.36. The summed E-state index contributed by atoms with van der Waals surface area (Å²) in [6.07, 6.45) is 3.45. The molecule has 1 unspecified atom stereocenters. The number of carbonyl (C=O) groups excluding carboxylic acids is 1. The zero-order chi connectivity index (χ0) is 14.7. The maximum absolute atomic E-state index is 12.0. The molecule has 1 saturated carbocycles. The van der Waals surface area contributed by atoms with Crippen molar-refractivity contribution < 1.29 is 9.90 Å². The smallest absolute Gasteiger partial charge is 0.274 e. The van der Waals surface area contributed by atoms with Crippen molar-refractivity contribution in [3.05, 3.63) is 11.4 Å². The monoisotopic (exact) mass is 280 g/mol. The second-order valence-electron chi connectivity index (χ2n) is 5.53. The van der Waals surface area contributed by atoms with E-state index in [4.69, 9.17) is 5.73 Å². The molecule has 0 aliphatic heterocycles. The van der Waals surface area contributed by atoms with Crippen molar-refractivity contribution in [1.82, 2.24) is 15.5 Å². The molecule has 1 aliphatic rings. The number of nitrogens with two attached hydrogens (primary N) is 1. The number of aliphatic hydroxyl groups is 1. The highest BCUT2D eigenvalue weighted by molar-refractivity contribution is 5.97. The normalized spacial score (nSPS) is 16.4. The van der Waals surface area contributed by atoms with E-state index in [2.05, 4.69) is 15.5 Å². The molecule has 1 amide bonds. The van der Waals surface area contributed by atoms with Gasteiger partial charge in [0.15, 0.2) is 5.69 Å². The Kier molecular flexibility index (Phi) is 4.65. The number of amides is 1. The molecule has 0 aromatic carbocycles. The van der Waals surface area contributed by atoms with Gasteiger partial charge in [0.2, 0.25) is 0 Å². The van der Waals surface area contributed by atoms with Gasteiger partial charge >= 0.3 is 0 Å². The first kappa shape index (κ1) is 14.8. The van der Waals surface area contributed by atoms with Crippen molar-refractivity contribution in [2.75, 3.05) is 12.3 Å². The van der Waals surface area contributed by atoms with Crippen molar-refractivity contribution >= 4 is 11.6 Å². The average molecular weight is 280 g/mol. The van der Waals surface area contributed by atoms with Crippen molar-refractivity contribution in [2.45, 2.75) is 51.6 Å². The summed E-state index contributed by atoms with van der Waals surface area (Å²) < 4.78 is 0. The highest BCUT2D eigenvalue weighted by atomic mass is 16.3. The SMILES string of the molecule is CCC(CC)C(O)CNC(=O)c1n[nH]c(C2CC2)c1N. The van der Waals surface area contributed by atoms with Gasteiger partial charge in [-0.05, 0) is 18.8 Å². The van der Waals surface area contributed by atoms with Crippen LogP contribution in [0.15, 0.2) is 0 Å². The minimum Gasteiger partial charge on any atom is -0.395 e. The van der Waals surface area contributed by atoms with E-state index in [1.807, 2.05) is 13.8 Å². The van der Waals surface area contributed by atoms with Gasteiger partial charge in [0.1, 0.15) is 0 Å². The molecule has 1 heterocycles. The summed E-state index contributed by atoms with van der Waals surface area (Å²) in [6.45, 7) is 4.30. The third kappa shape index (κ3) is 3.12. The third-order valence-corrected chi connectivity index (χ3v) is 4.10. The quantitative estimate of drug-likeness (QED) is 0.606. The Bertz CT molecular complexity index is 464. The summed E-state index contributed by atoms with van der Waals surface area (Å²) in [6, 6.07) is 0. The number of hydrogen-bond donors (Lipinski definition) is 4. The highest BCUT2D eigenvalue weighted by Crippen LogP contribution is 2.42. The summed E-state index contributed by atoms with van der Waals surface area (Å²) in [5.74, 6) is 0.309. The molecule has 112 valence electrons. The van der Waals surface area contributed by atoms with Crippen LogP contribution in [0.4, 0.5) is 5.69 Å². The number of nitrogen functional groups attached to an aromatic ring is 1. The number of hydrogen-bond acceptors (Lipinski definition) is 4. The summed E-state index contributed by atoms with van der Waals surface area (Å²) >= 11 is 0. The zero-order valence-electron chi connectivity index (χ0n) is 12.1. The lowest BCUT2D eigenvalue weighted by Gasteiger charge is -2.20. The molecule has 0 saturated heterocycles. The maximum atomic E-state index is 12.0. The van der Waals surface area contributed by atoms with Gasteiger partial charge in [-0.1, -0.05) is 26.7 Å². The van der Waals surface area contributed by atoms with Crippen LogP contribution >= 0.6 is 0 Å². The lowest BCUT2D eigenvalue weighted by atomic mass is 9.96. The predicted molar refractivity (Wildman–Crippen MR) is 77.4 cm³/mol. The summed E-state index contributed by atoms with van der Waals surface area (Å²) in [5, 5.41) is 19.6. The van der Waals surface area contributed by atoms with Crippen molar-refractivity contribution in [3.63, 3.8) is 0 Å². The number of carbonyl (C=O) groups is 1. The van der Waals surface area contributed by atoms with E-state index in [-0.39, 0.29) is 24.1 Å². The minimum absolute atomic E-state index is 0.203. The fraction of sp³-hybridized carbons (Fsp3) is 0.714. The molecule has 20 heavy (non-hydrogen) atoms. The van der Waals surface area contributed by atoms with Gasteiger partial charge in [-0.3, -0.25) is 9.89 Å². The van der Waals surface area contributed by atoms with Crippen LogP contribution in [0.25, 0.3) is 0 Å². The predicted octanol–water partition coefficient (Wildman–Crippen LogP) is 1.40. The van der Waals surface area contributed by atoms with Crippen LogP contribution in [-0.2, 0) is 0 Å². The van der Waals surface area contributed by atoms with Gasteiger partial charge in [-0.25, -0.2) is 0 Å². The van der Waals surface area contributed by atoms with Crippen LogP contribution in [0.2, 0.25) is 0 Å². The molecule has 1 aromatic rings. The molecule has 1 atom stereocenters. The van der Waals surface area contributed by atoms with E-state index in [9.17, 15) is 9.90 Å². The zero-order valence-corrected chi connectivity index (χ0v) is 12.1. The minimum atomic E-state index is -0.531. The first-order valence-corrected chi connectivity index (χ1v) is 7.38. The molecule has 2 rings (SSSR count). The number of aromatic amines is 1. The molecular weight excluding hydrogens is 256 g/mol. The van der Waals surface area contributed by atoms with E-state index in [0.29, 0.717) is 11.6 Å². The van der Waals surface area contributed by atoms with E-state index < -0.39 is 6.10 Å². The topological polar surface area (TPSA) is 104 Å². The number of nitrogens with zero attached hydrogens (tertiary/aromatic N) is 1. The number of anilines is 1. The van der Waals surface area contributed by atoms with Gasteiger partial charge in [-0.15, -0.1) is 0 Å². The molecule has 0 spiro atoms. The Morgan fingerprint density at radius 3 is 2.70 bits per heavy atom. The maximum Gasteiger partial charge on any atom is 0.274 e. The number of aromatic nitrogens is 2. The van der Waals surface area contributed by atoms with Crippen LogP contribution in [0.5, 0.6) is 0 Å². The van der Waals surface area contributed by atoms with Gasteiger partial charge < -0.3 is 16.2 Å². The largest absolute Gasteiger partial charge is 0.395 e. The lowest BCUT2D eigenvalue weighted by molar-refractivity contribution is 0.0813. The Labute approximate surface area is 119 Å². The van der Waals surface area contributed by atoms with Gasteiger partial charge in [0.05, 0.1) is 17.5 Å². The van der Waals surface area contributed by atoms with Crippen LogP contribution in [0.1, 0.15) is 61.6 Å². The van der Waals surface area contributed by atoms with Gasteiger partial charge in [-0.2, -0.15) is 5.10 Å².